The van der Waals surface area contributed by atoms with Gasteiger partial charge < -0.3 is 4.90 Å². The van der Waals surface area contributed by atoms with Crippen LogP contribution in [0.3, 0.4) is 0 Å². The molecule has 216 valence electrons. The second kappa shape index (κ2) is 11.0. The van der Waals surface area contributed by atoms with Gasteiger partial charge >= 0.3 is 0 Å². The number of hydrogen-bond donors (Lipinski definition) is 0. The molecule has 9 rings (SSSR count). The fourth-order valence-electron chi connectivity index (χ4n) is 6.66. The van der Waals surface area contributed by atoms with Crippen molar-refractivity contribution in [3.63, 3.8) is 0 Å². The first kappa shape index (κ1) is 26.6. The summed E-state index contributed by atoms with van der Waals surface area (Å²) in [5.41, 5.74) is 12.9. The Morgan fingerprint density at radius 3 is 1.50 bits per heavy atom. The Morgan fingerprint density at radius 1 is 0.413 bits per heavy atom. The van der Waals surface area contributed by atoms with E-state index in [4.69, 9.17) is 4.98 Å². The number of aromatic nitrogens is 1. The van der Waals surface area contributed by atoms with Crippen LogP contribution >= 0.6 is 11.3 Å². The summed E-state index contributed by atoms with van der Waals surface area (Å²) in [6.45, 7) is 0. The molecule has 7 aromatic carbocycles. The number of nitrogens with zero attached hydrogens (tertiary/aromatic N) is 2. The van der Waals surface area contributed by atoms with Gasteiger partial charge in [0.05, 0.1) is 16.3 Å². The lowest BCUT2D eigenvalue weighted by Gasteiger charge is -2.27. The summed E-state index contributed by atoms with van der Waals surface area (Å²) in [5, 5.41) is 3.57. The van der Waals surface area contributed by atoms with E-state index in [1.807, 2.05) is 0 Å². The first-order chi connectivity index (χ1) is 22.8. The van der Waals surface area contributed by atoms with Gasteiger partial charge in [-0.2, -0.15) is 0 Å². The van der Waals surface area contributed by atoms with Crippen molar-refractivity contribution in [2.45, 2.75) is 0 Å². The lowest BCUT2D eigenvalue weighted by Crippen LogP contribution is -2.10. The number of fused-ring (bicyclic) bond motifs is 3. The van der Waals surface area contributed by atoms with E-state index in [0.717, 1.165) is 33.3 Å². The highest BCUT2D eigenvalue weighted by Crippen LogP contribution is 2.54. The minimum Gasteiger partial charge on any atom is -0.310 e. The van der Waals surface area contributed by atoms with Crippen LogP contribution < -0.4 is 4.90 Å². The van der Waals surface area contributed by atoms with Crippen molar-refractivity contribution in [3.05, 3.63) is 170 Å². The van der Waals surface area contributed by atoms with Gasteiger partial charge in [-0.3, -0.25) is 0 Å². The number of anilines is 3. The molecule has 0 saturated carbocycles. The number of rotatable bonds is 6. The van der Waals surface area contributed by atoms with Crippen LogP contribution in [0, 0.1) is 0 Å². The Labute approximate surface area is 272 Å². The largest absolute Gasteiger partial charge is 0.310 e. The average molecular weight is 605 g/mol. The van der Waals surface area contributed by atoms with Crippen molar-refractivity contribution in [3.8, 4) is 54.5 Å². The smallest absolute Gasteiger partial charge is 0.124 e. The van der Waals surface area contributed by atoms with E-state index >= 15 is 0 Å². The van der Waals surface area contributed by atoms with E-state index in [2.05, 4.69) is 175 Å². The van der Waals surface area contributed by atoms with Crippen molar-refractivity contribution in [1.29, 1.82) is 0 Å². The number of benzene rings is 7. The van der Waals surface area contributed by atoms with Crippen LogP contribution in [0.4, 0.5) is 17.1 Å². The van der Waals surface area contributed by atoms with Crippen LogP contribution in [-0.2, 0) is 0 Å². The molecular weight excluding hydrogens is 577 g/mol. The lowest BCUT2D eigenvalue weighted by molar-refractivity contribution is 1.30. The topological polar surface area (TPSA) is 16.1 Å². The SMILES string of the molecule is c1ccc(-c2ccc(N(c3ccc(-c4ccccc4)cc3)c3ccc4c5c(cccc35)-c3nc(-c5ccccc5)sc3-4)cc2)cc1. The Balaban J connectivity index is 1.19. The fourth-order valence-corrected chi connectivity index (χ4v) is 7.77. The number of thiazole rings is 1. The fraction of sp³-hybridized carbons (Fsp3) is 0. The van der Waals surface area contributed by atoms with Crippen LogP contribution in [0.15, 0.2) is 170 Å². The Hall–Kier alpha value is -5.77. The van der Waals surface area contributed by atoms with Crippen LogP contribution in [0.5, 0.6) is 0 Å². The molecule has 46 heavy (non-hydrogen) atoms. The van der Waals surface area contributed by atoms with Gasteiger partial charge in [0.15, 0.2) is 0 Å². The van der Waals surface area contributed by atoms with E-state index in [-0.39, 0.29) is 0 Å². The van der Waals surface area contributed by atoms with Crippen LogP contribution in [0.2, 0.25) is 0 Å². The molecular formula is C43H28N2S. The quantitative estimate of drug-likeness (QED) is 0.188. The third kappa shape index (κ3) is 4.44. The maximum Gasteiger partial charge on any atom is 0.124 e. The van der Waals surface area contributed by atoms with Crippen LogP contribution in [0.1, 0.15) is 0 Å². The van der Waals surface area contributed by atoms with Gasteiger partial charge in [0, 0.05) is 38.8 Å². The highest BCUT2D eigenvalue weighted by molar-refractivity contribution is 7.19. The molecule has 0 unspecified atom stereocenters. The van der Waals surface area contributed by atoms with Crippen molar-refractivity contribution in [2.24, 2.45) is 0 Å². The summed E-state index contributed by atoms with van der Waals surface area (Å²) < 4.78 is 0. The van der Waals surface area contributed by atoms with E-state index in [1.165, 1.54) is 49.0 Å². The summed E-state index contributed by atoms with van der Waals surface area (Å²) in [5.74, 6) is 0. The summed E-state index contributed by atoms with van der Waals surface area (Å²) in [6, 6.07) is 60.7. The average Bonchev–Trinajstić information content (AvgIpc) is 3.70. The van der Waals surface area contributed by atoms with Gasteiger partial charge in [-0.25, -0.2) is 4.98 Å². The Kier molecular flexibility index (Phi) is 6.36. The molecule has 0 saturated heterocycles. The molecule has 0 aliphatic heterocycles. The second-order valence-corrected chi connectivity index (χ2v) is 12.6. The molecule has 0 amide bonds. The molecule has 1 heterocycles. The molecule has 2 nitrogen and oxygen atoms in total. The summed E-state index contributed by atoms with van der Waals surface area (Å²) in [4.78, 5) is 8.82. The maximum absolute atomic E-state index is 5.17. The van der Waals surface area contributed by atoms with Crippen LogP contribution in [-0.4, -0.2) is 4.98 Å². The van der Waals surface area contributed by atoms with Crippen molar-refractivity contribution >= 4 is 39.2 Å². The summed E-state index contributed by atoms with van der Waals surface area (Å²) >= 11 is 1.79. The second-order valence-electron chi connectivity index (χ2n) is 11.6. The Bertz CT molecular complexity index is 2210. The predicted octanol–water partition coefficient (Wildman–Crippen LogP) is 12.4. The molecule has 0 spiro atoms. The van der Waals surface area contributed by atoms with Crippen molar-refractivity contribution < 1.29 is 0 Å². The van der Waals surface area contributed by atoms with Gasteiger partial charge in [-0.05, 0) is 52.6 Å². The molecule has 0 N–H and O–H groups in total. The highest BCUT2D eigenvalue weighted by atomic mass is 32.1. The third-order valence-corrected chi connectivity index (χ3v) is 10.0. The van der Waals surface area contributed by atoms with Gasteiger partial charge in [0.2, 0.25) is 0 Å². The van der Waals surface area contributed by atoms with Gasteiger partial charge in [0.1, 0.15) is 5.01 Å². The molecule has 0 bridgehead atoms. The Morgan fingerprint density at radius 2 is 0.935 bits per heavy atom. The molecule has 0 fully saturated rings. The summed E-state index contributed by atoms with van der Waals surface area (Å²) in [6.07, 6.45) is 0. The first-order valence-corrected chi connectivity index (χ1v) is 16.4. The van der Waals surface area contributed by atoms with Gasteiger partial charge in [-0.1, -0.05) is 140 Å². The summed E-state index contributed by atoms with van der Waals surface area (Å²) in [7, 11) is 0. The van der Waals surface area contributed by atoms with Gasteiger partial charge in [0.25, 0.3) is 0 Å². The minimum absolute atomic E-state index is 1.07. The standard InChI is InChI=1S/C43H28N2S/c1-4-11-29(12-5-1)31-19-23-34(24-20-31)45(35-25-21-32(22-26-35)30-13-6-2-7-14-30)39-28-27-38-40-36(39)17-10-18-37(40)41-42(38)46-43(44-41)33-15-8-3-9-16-33/h1-28H. The predicted molar refractivity (Wildman–Crippen MR) is 195 cm³/mol. The van der Waals surface area contributed by atoms with Crippen molar-refractivity contribution in [1.82, 2.24) is 4.98 Å². The highest BCUT2D eigenvalue weighted by Gasteiger charge is 2.28. The van der Waals surface area contributed by atoms with E-state index < -0.39 is 0 Å². The molecule has 0 radical (unpaired) electrons. The zero-order valence-electron chi connectivity index (χ0n) is 25.0. The molecule has 1 aliphatic carbocycles. The minimum atomic E-state index is 1.07. The maximum atomic E-state index is 5.17. The normalized spacial score (nSPS) is 11.5. The third-order valence-electron chi connectivity index (χ3n) is 8.87. The van der Waals surface area contributed by atoms with E-state index in [0.29, 0.717) is 0 Å². The van der Waals surface area contributed by atoms with Crippen molar-refractivity contribution in [2.75, 3.05) is 4.90 Å². The zero-order chi connectivity index (χ0) is 30.5. The van der Waals surface area contributed by atoms with Crippen LogP contribution in [0.25, 0.3) is 65.3 Å². The molecule has 1 aliphatic rings. The zero-order valence-corrected chi connectivity index (χ0v) is 25.8. The number of hydrogen-bond acceptors (Lipinski definition) is 3. The molecule has 0 atom stereocenters. The first-order valence-electron chi connectivity index (χ1n) is 15.6. The van der Waals surface area contributed by atoms with Gasteiger partial charge in [-0.15, -0.1) is 11.3 Å². The molecule has 1 aromatic heterocycles. The molecule has 8 aromatic rings. The van der Waals surface area contributed by atoms with E-state index in [9.17, 15) is 0 Å². The van der Waals surface area contributed by atoms with E-state index in [1.54, 1.807) is 11.3 Å². The monoisotopic (exact) mass is 604 g/mol. The molecule has 3 heteroatoms. The lowest BCUT2D eigenvalue weighted by atomic mass is 10.00.